The molecular weight excluding hydrogens is 364 g/mol. The molecule has 0 aliphatic carbocycles. The molecule has 0 aromatic heterocycles. The highest BCUT2D eigenvalue weighted by atomic mass is 16.2. The Kier molecular flexibility index (Phi) is 5.34. The summed E-state index contributed by atoms with van der Waals surface area (Å²) >= 11 is 0. The van der Waals surface area contributed by atoms with Crippen LogP contribution < -0.4 is 4.90 Å². The van der Waals surface area contributed by atoms with Gasteiger partial charge in [0.1, 0.15) is 12.2 Å². The maximum atomic E-state index is 13.6. The van der Waals surface area contributed by atoms with Gasteiger partial charge in [0, 0.05) is 25.2 Å². The highest BCUT2D eigenvalue weighted by molar-refractivity contribution is 5.98. The minimum Gasteiger partial charge on any atom is -0.322 e. The van der Waals surface area contributed by atoms with Gasteiger partial charge in [-0.2, -0.15) is 5.26 Å². The number of anilines is 1. The molecule has 0 spiro atoms. The van der Waals surface area contributed by atoms with Crippen LogP contribution in [0.25, 0.3) is 0 Å². The van der Waals surface area contributed by atoms with Crippen LogP contribution in [0.2, 0.25) is 0 Å². The van der Waals surface area contributed by atoms with Gasteiger partial charge in [-0.1, -0.05) is 51.1 Å². The molecule has 2 unspecified atom stereocenters. The van der Waals surface area contributed by atoms with Crippen LogP contribution in [-0.2, 0) is 4.79 Å². The average molecular weight is 390 g/mol. The molecule has 1 aliphatic rings. The first-order chi connectivity index (χ1) is 13.7. The van der Waals surface area contributed by atoms with Gasteiger partial charge >= 0.3 is 6.03 Å². The summed E-state index contributed by atoms with van der Waals surface area (Å²) in [5, 5.41) is 9.01. The topological polar surface area (TPSA) is 67.7 Å². The van der Waals surface area contributed by atoms with E-state index in [1.807, 2.05) is 51.1 Å². The van der Waals surface area contributed by atoms with Crippen LogP contribution in [0.5, 0.6) is 0 Å². The summed E-state index contributed by atoms with van der Waals surface area (Å²) in [6.07, 6.45) is -0.395. The highest BCUT2D eigenvalue weighted by Crippen LogP contribution is 2.41. The number of nitriles is 1. The average Bonchev–Trinajstić information content (AvgIpc) is 2.98. The number of likely N-dealkylation sites (N-methyl/N-ethyl adjacent to an activating group) is 1. The molecule has 6 nitrogen and oxygen atoms in total. The minimum atomic E-state index is -0.682. The van der Waals surface area contributed by atoms with Gasteiger partial charge in [0.05, 0.1) is 11.6 Å². The van der Waals surface area contributed by atoms with E-state index in [1.165, 1.54) is 4.90 Å². The largest absolute Gasteiger partial charge is 0.326 e. The Bertz CT molecular complexity index is 942. The first-order valence-corrected chi connectivity index (χ1v) is 9.54. The fourth-order valence-corrected chi connectivity index (χ4v) is 3.96. The molecule has 0 saturated carbocycles. The van der Waals surface area contributed by atoms with Crippen molar-refractivity contribution in [2.24, 2.45) is 5.41 Å². The summed E-state index contributed by atoms with van der Waals surface area (Å²) < 4.78 is 0. The number of hydrogen-bond donors (Lipinski definition) is 0. The highest BCUT2D eigenvalue weighted by Gasteiger charge is 2.52. The first kappa shape index (κ1) is 20.4. The Morgan fingerprint density at radius 2 is 1.66 bits per heavy atom. The second kappa shape index (κ2) is 7.59. The minimum absolute atomic E-state index is 0.0993. The van der Waals surface area contributed by atoms with Crippen molar-refractivity contribution in [2.45, 2.75) is 33.0 Å². The fourth-order valence-electron chi connectivity index (χ4n) is 3.96. The number of hydrogen-bond acceptors (Lipinski definition) is 3. The Morgan fingerprint density at radius 1 is 1.07 bits per heavy atom. The molecule has 2 atom stereocenters. The zero-order chi connectivity index (χ0) is 21.3. The van der Waals surface area contributed by atoms with Crippen LogP contribution in [0.1, 0.15) is 37.9 Å². The molecule has 150 valence electrons. The summed E-state index contributed by atoms with van der Waals surface area (Å²) in [5.41, 5.74) is 1.64. The molecule has 1 saturated heterocycles. The van der Waals surface area contributed by atoms with E-state index < -0.39 is 12.2 Å². The third-order valence-electron chi connectivity index (χ3n) is 5.27. The van der Waals surface area contributed by atoms with Gasteiger partial charge in [-0.25, -0.2) is 4.79 Å². The van der Waals surface area contributed by atoms with Crippen LogP contribution >= 0.6 is 0 Å². The molecule has 1 aliphatic heterocycles. The first-order valence-electron chi connectivity index (χ1n) is 9.54. The van der Waals surface area contributed by atoms with Crippen molar-refractivity contribution in [3.8, 4) is 6.07 Å². The van der Waals surface area contributed by atoms with E-state index in [0.29, 0.717) is 11.3 Å². The Morgan fingerprint density at radius 3 is 2.17 bits per heavy atom. The predicted octanol–water partition coefficient (Wildman–Crippen LogP) is 4.00. The number of carbonyl (C=O) groups excluding carboxylic acids is 2. The third kappa shape index (κ3) is 3.68. The second-order valence-corrected chi connectivity index (χ2v) is 8.41. The van der Waals surface area contributed by atoms with Gasteiger partial charge in [-0.05, 0) is 29.8 Å². The van der Waals surface area contributed by atoms with E-state index >= 15 is 0 Å². The van der Waals surface area contributed by atoms with E-state index in [9.17, 15) is 9.59 Å². The summed E-state index contributed by atoms with van der Waals surface area (Å²) in [6, 6.07) is 17.4. The molecule has 3 rings (SSSR count). The van der Waals surface area contributed by atoms with Crippen LogP contribution in [-0.4, -0.2) is 42.0 Å². The standard InChI is InChI=1S/C23H26N4O2/c1-23(2,3)21-26(5)20(28)19(17-9-7-6-8-10-17)27(21)22(29)25(4)18-13-11-16(15-24)12-14-18/h6-14,19,21H,1-5H3. The molecule has 0 radical (unpaired) electrons. The quantitative estimate of drug-likeness (QED) is 0.778. The fraction of sp³-hybridized carbons (Fsp3) is 0.348. The van der Waals surface area contributed by atoms with Crippen molar-refractivity contribution in [1.29, 1.82) is 5.26 Å². The van der Waals surface area contributed by atoms with Gasteiger partial charge in [0.2, 0.25) is 0 Å². The van der Waals surface area contributed by atoms with Crippen LogP contribution in [0.3, 0.4) is 0 Å². The molecule has 29 heavy (non-hydrogen) atoms. The molecule has 1 fully saturated rings. The van der Waals surface area contributed by atoms with Crippen molar-refractivity contribution in [3.05, 3.63) is 65.7 Å². The van der Waals surface area contributed by atoms with E-state index in [4.69, 9.17) is 5.26 Å². The normalized spacial score (nSPS) is 19.2. The maximum Gasteiger partial charge on any atom is 0.326 e. The summed E-state index contributed by atoms with van der Waals surface area (Å²) in [4.78, 5) is 31.7. The molecule has 0 N–H and O–H groups in total. The molecule has 2 aromatic rings. The number of carbonyl (C=O) groups is 2. The van der Waals surface area contributed by atoms with Gasteiger partial charge in [-0.15, -0.1) is 0 Å². The predicted molar refractivity (Wildman–Crippen MR) is 112 cm³/mol. The zero-order valence-electron chi connectivity index (χ0n) is 17.5. The van der Waals surface area contributed by atoms with Gasteiger partial charge in [0.25, 0.3) is 5.91 Å². The lowest BCUT2D eigenvalue weighted by atomic mass is 9.91. The van der Waals surface area contributed by atoms with Crippen molar-refractivity contribution >= 4 is 17.6 Å². The monoisotopic (exact) mass is 390 g/mol. The lowest BCUT2D eigenvalue weighted by molar-refractivity contribution is -0.129. The number of nitrogens with zero attached hydrogens (tertiary/aromatic N) is 4. The van der Waals surface area contributed by atoms with E-state index in [2.05, 4.69) is 6.07 Å². The SMILES string of the molecule is CN(C(=O)N1C(c2ccccc2)C(=O)N(C)C1C(C)(C)C)c1ccc(C#N)cc1. The van der Waals surface area contributed by atoms with Crippen LogP contribution in [0.15, 0.2) is 54.6 Å². The van der Waals surface area contributed by atoms with E-state index in [-0.39, 0.29) is 17.4 Å². The summed E-state index contributed by atoms with van der Waals surface area (Å²) in [6.45, 7) is 6.07. The maximum absolute atomic E-state index is 13.6. The molecule has 0 bridgehead atoms. The summed E-state index contributed by atoms with van der Waals surface area (Å²) in [5.74, 6) is -0.0993. The molecular formula is C23H26N4O2. The van der Waals surface area contributed by atoms with Crippen molar-refractivity contribution in [2.75, 3.05) is 19.0 Å². The third-order valence-corrected chi connectivity index (χ3v) is 5.27. The molecule has 6 heteroatoms. The molecule has 3 amide bonds. The van der Waals surface area contributed by atoms with Gasteiger partial charge in [-0.3, -0.25) is 14.6 Å². The Hall–Kier alpha value is -3.33. The van der Waals surface area contributed by atoms with Crippen LogP contribution in [0, 0.1) is 16.7 Å². The lowest BCUT2D eigenvalue weighted by Crippen LogP contribution is -2.53. The number of amides is 3. The Labute approximate surface area is 171 Å². The van der Waals surface area contributed by atoms with E-state index in [1.54, 1.807) is 48.2 Å². The Balaban J connectivity index is 2.05. The second-order valence-electron chi connectivity index (χ2n) is 8.41. The smallest absolute Gasteiger partial charge is 0.322 e. The zero-order valence-corrected chi connectivity index (χ0v) is 17.5. The van der Waals surface area contributed by atoms with E-state index in [0.717, 1.165) is 5.56 Å². The van der Waals surface area contributed by atoms with Gasteiger partial charge < -0.3 is 4.90 Å². The van der Waals surface area contributed by atoms with Crippen molar-refractivity contribution in [1.82, 2.24) is 9.80 Å². The molecule has 1 heterocycles. The van der Waals surface area contributed by atoms with Crippen molar-refractivity contribution in [3.63, 3.8) is 0 Å². The summed E-state index contributed by atoms with van der Waals surface area (Å²) in [7, 11) is 3.44. The number of urea groups is 1. The molecule has 2 aromatic carbocycles. The van der Waals surface area contributed by atoms with Gasteiger partial charge in [0.15, 0.2) is 0 Å². The van der Waals surface area contributed by atoms with Crippen LogP contribution in [0.4, 0.5) is 10.5 Å². The van der Waals surface area contributed by atoms with Crippen molar-refractivity contribution < 1.29 is 9.59 Å². The number of rotatable bonds is 2. The number of benzene rings is 2. The lowest BCUT2D eigenvalue weighted by Gasteiger charge is -2.40.